The minimum atomic E-state index is -0.228. The summed E-state index contributed by atoms with van der Waals surface area (Å²) in [5.41, 5.74) is 5.35. The molecule has 0 amide bonds. The zero-order valence-electron chi connectivity index (χ0n) is 5.03. The molecule has 2 N–H and O–H groups in total. The minimum Gasteiger partial charge on any atom is -0.319 e. The van der Waals surface area contributed by atoms with Gasteiger partial charge in [0.25, 0.3) is 0 Å². The van der Waals surface area contributed by atoms with Gasteiger partial charge in [-0.15, -0.1) is 0 Å². The van der Waals surface area contributed by atoms with Gasteiger partial charge >= 0.3 is 0 Å². The van der Waals surface area contributed by atoms with E-state index in [0.29, 0.717) is 12.8 Å². The fourth-order valence-electron chi connectivity index (χ4n) is 0.410. The molecule has 2 unspecified atom stereocenters. The maximum atomic E-state index is 9.83. The predicted octanol–water partition coefficient (Wildman–Crippen LogP) is 0.479. The number of thiol groups is 2. The Bertz CT molecular complexity index is 87.0. The highest BCUT2D eigenvalue weighted by molar-refractivity contribution is 7.85. The van der Waals surface area contributed by atoms with Crippen molar-refractivity contribution in [2.75, 3.05) is 0 Å². The van der Waals surface area contributed by atoms with E-state index in [1.165, 1.54) is 0 Å². The number of hydrogen-bond donors (Lipinski definition) is 3. The number of aldehydes is 1. The lowest BCUT2D eigenvalue weighted by molar-refractivity contribution is -0.107. The monoisotopic (exact) mass is 165 g/mol. The SMILES string of the molecule is NC(S)C(S)CCC=O. The van der Waals surface area contributed by atoms with Crippen molar-refractivity contribution in [3.05, 3.63) is 0 Å². The number of rotatable bonds is 4. The molecule has 2 nitrogen and oxygen atoms in total. The summed E-state index contributed by atoms with van der Waals surface area (Å²) in [5, 5.41) is -0.202. The first-order valence-electron chi connectivity index (χ1n) is 2.74. The third-order valence-corrected chi connectivity index (χ3v) is 2.15. The Morgan fingerprint density at radius 2 is 2.11 bits per heavy atom. The average molecular weight is 165 g/mol. The maximum Gasteiger partial charge on any atom is 0.120 e. The lowest BCUT2D eigenvalue weighted by atomic mass is 10.2. The molecule has 54 valence electrons. The Labute approximate surface area is 66.0 Å². The van der Waals surface area contributed by atoms with Crippen molar-refractivity contribution in [3.63, 3.8) is 0 Å². The molecule has 2 atom stereocenters. The van der Waals surface area contributed by atoms with Crippen LogP contribution in [0.1, 0.15) is 12.8 Å². The van der Waals surface area contributed by atoms with Crippen LogP contribution in [0.25, 0.3) is 0 Å². The Morgan fingerprint density at radius 3 is 2.44 bits per heavy atom. The Hall–Kier alpha value is 0.330. The van der Waals surface area contributed by atoms with Crippen molar-refractivity contribution in [1.29, 1.82) is 0 Å². The van der Waals surface area contributed by atoms with Gasteiger partial charge in [-0.25, -0.2) is 0 Å². The average Bonchev–Trinajstić information content (AvgIpc) is 1.82. The molecular formula is C5H11NOS2. The van der Waals surface area contributed by atoms with Crippen LogP contribution in [-0.2, 0) is 4.79 Å². The molecule has 0 aromatic carbocycles. The quantitative estimate of drug-likeness (QED) is 0.322. The lowest BCUT2D eigenvalue weighted by Crippen LogP contribution is -2.24. The molecule has 0 heterocycles. The van der Waals surface area contributed by atoms with E-state index in [1.54, 1.807) is 0 Å². The van der Waals surface area contributed by atoms with Gasteiger partial charge in [-0.05, 0) is 6.42 Å². The summed E-state index contributed by atoms with van der Waals surface area (Å²) < 4.78 is 0. The van der Waals surface area contributed by atoms with Crippen molar-refractivity contribution >= 4 is 31.5 Å². The third-order valence-electron chi connectivity index (χ3n) is 0.975. The first-order chi connectivity index (χ1) is 4.18. The Balaban J connectivity index is 3.26. The number of hydrogen-bond acceptors (Lipinski definition) is 4. The summed E-state index contributed by atoms with van der Waals surface area (Å²) in [7, 11) is 0. The summed E-state index contributed by atoms with van der Waals surface area (Å²) >= 11 is 8.05. The van der Waals surface area contributed by atoms with E-state index < -0.39 is 0 Å². The first kappa shape index (κ1) is 9.33. The summed E-state index contributed by atoms with van der Waals surface area (Å²) in [6.07, 6.45) is 2.08. The molecule has 0 saturated carbocycles. The van der Waals surface area contributed by atoms with Gasteiger partial charge < -0.3 is 10.5 Å². The molecule has 4 heteroatoms. The van der Waals surface area contributed by atoms with Crippen LogP contribution in [0.4, 0.5) is 0 Å². The second-order valence-corrected chi connectivity index (χ2v) is 3.06. The molecule has 0 aromatic heterocycles. The smallest absolute Gasteiger partial charge is 0.120 e. The second-order valence-electron chi connectivity index (χ2n) is 1.80. The van der Waals surface area contributed by atoms with Crippen LogP contribution in [0.3, 0.4) is 0 Å². The molecule has 0 fully saturated rings. The standard InChI is InChI=1S/C5H11NOS2/c6-5(9)4(8)2-1-3-7/h3-5,8-9H,1-2,6H2. The van der Waals surface area contributed by atoms with Gasteiger partial charge in [0.15, 0.2) is 0 Å². The fraction of sp³-hybridized carbons (Fsp3) is 0.800. The van der Waals surface area contributed by atoms with Gasteiger partial charge in [0.1, 0.15) is 6.29 Å². The van der Waals surface area contributed by atoms with Crippen molar-refractivity contribution in [3.8, 4) is 0 Å². The summed E-state index contributed by atoms with van der Waals surface area (Å²) in [4.78, 5) is 9.83. The topological polar surface area (TPSA) is 43.1 Å². The van der Waals surface area contributed by atoms with Crippen LogP contribution in [0.15, 0.2) is 0 Å². The van der Waals surface area contributed by atoms with Crippen LogP contribution >= 0.6 is 25.3 Å². The molecular weight excluding hydrogens is 154 g/mol. The Morgan fingerprint density at radius 1 is 1.56 bits per heavy atom. The fourth-order valence-corrected chi connectivity index (χ4v) is 0.708. The third kappa shape index (κ3) is 4.81. The van der Waals surface area contributed by atoms with Gasteiger partial charge in [-0.3, -0.25) is 0 Å². The first-order valence-corrected chi connectivity index (χ1v) is 3.77. The summed E-state index contributed by atoms with van der Waals surface area (Å²) in [6, 6.07) is 0. The number of carbonyl (C=O) groups excluding carboxylic acids is 1. The molecule has 0 bridgehead atoms. The highest BCUT2D eigenvalue weighted by Gasteiger charge is 2.07. The van der Waals surface area contributed by atoms with Gasteiger partial charge in [0.05, 0.1) is 5.37 Å². The van der Waals surface area contributed by atoms with E-state index in [-0.39, 0.29) is 10.6 Å². The van der Waals surface area contributed by atoms with E-state index in [4.69, 9.17) is 5.73 Å². The molecule has 0 radical (unpaired) electrons. The van der Waals surface area contributed by atoms with Crippen molar-refractivity contribution < 1.29 is 4.79 Å². The zero-order valence-corrected chi connectivity index (χ0v) is 6.82. The molecule has 9 heavy (non-hydrogen) atoms. The molecule has 0 aromatic rings. The van der Waals surface area contributed by atoms with Crippen molar-refractivity contribution in [1.82, 2.24) is 0 Å². The number of carbonyl (C=O) groups is 1. The zero-order chi connectivity index (χ0) is 7.28. The van der Waals surface area contributed by atoms with Crippen LogP contribution in [0.2, 0.25) is 0 Å². The molecule has 0 aliphatic carbocycles. The summed E-state index contributed by atoms with van der Waals surface area (Å²) in [6.45, 7) is 0. The molecule has 0 spiro atoms. The van der Waals surface area contributed by atoms with E-state index >= 15 is 0 Å². The van der Waals surface area contributed by atoms with Crippen LogP contribution in [-0.4, -0.2) is 16.9 Å². The van der Waals surface area contributed by atoms with E-state index in [1.807, 2.05) is 0 Å². The molecule has 0 saturated heterocycles. The van der Waals surface area contributed by atoms with Crippen LogP contribution < -0.4 is 5.73 Å². The largest absolute Gasteiger partial charge is 0.319 e. The summed E-state index contributed by atoms with van der Waals surface area (Å²) in [5.74, 6) is 0. The minimum absolute atomic E-state index is 0.0264. The number of nitrogens with two attached hydrogens (primary N) is 1. The maximum absolute atomic E-state index is 9.83. The molecule has 0 aliphatic rings. The normalized spacial score (nSPS) is 16.8. The van der Waals surface area contributed by atoms with E-state index in [9.17, 15) is 4.79 Å². The van der Waals surface area contributed by atoms with Gasteiger partial charge in [0, 0.05) is 11.7 Å². The van der Waals surface area contributed by atoms with Crippen LogP contribution in [0.5, 0.6) is 0 Å². The predicted molar refractivity (Wildman–Crippen MR) is 45.0 cm³/mol. The second kappa shape index (κ2) is 5.14. The van der Waals surface area contributed by atoms with E-state index in [2.05, 4.69) is 25.3 Å². The van der Waals surface area contributed by atoms with Crippen LogP contribution in [0, 0.1) is 0 Å². The van der Waals surface area contributed by atoms with Gasteiger partial charge in [-0.1, -0.05) is 0 Å². The lowest BCUT2D eigenvalue weighted by Gasteiger charge is -2.10. The Kier molecular flexibility index (Phi) is 5.33. The molecule has 0 aliphatic heterocycles. The highest BCUT2D eigenvalue weighted by atomic mass is 32.1. The van der Waals surface area contributed by atoms with E-state index in [0.717, 1.165) is 6.29 Å². The van der Waals surface area contributed by atoms with Crippen molar-refractivity contribution in [2.45, 2.75) is 23.5 Å². The molecule has 0 rings (SSSR count). The van der Waals surface area contributed by atoms with Crippen molar-refractivity contribution in [2.24, 2.45) is 5.73 Å². The van der Waals surface area contributed by atoms with Gasteiger partial charge in [-0.2, -0.15) is 25.3 Å². The highest BCUT2D eigenvalue weighted by Crippen LogP contribution is 2.08. The van der Waals surface area contributed by atoms with Gasteiger partial charge in [0.2, 0.25) is 0 Å².